The van der Waals surface area contributed by atoms with Crippen LogP contribution in [0.1, 0.15) is 57.8 Å². The Kier molecular flexibility index (Phi) is 4.52. The third kappa shape index (κ3) is 3.41. The van der Waals surface area contributed by atoms with E-state index in [1.54, 1.807) is 0 Å². The summed E-state index contributed by atoms with van der Waals surface area (Å²) in [6.45, 7) is 1.27. The van der Waals surface area contributed by atoms with Crippen LogP contribution in [0.25, 0.3) is 0 Å². The molecule has 0 aromatic carbocycles. The number of rotatable bonds is 3. The van der Waals surface area contributed by atoms with Crippen molar-refractivity contribution in [3.05, 3.63) is 0 Å². The van der Waals surface area contributed by atoms with Gasteiger partial charge in [-0.2, -0.15) is 0 Å². The molecule has 0 bridgehead atoms. The third-order valence-electron chi connectivity index (χ3n) is 5.50. The normalized spacial score (nSPS) is 36.9. The number of likely N-dealkylation sites (tertiary alicyclic amines) is 1. The lowest BCUT2D eigenvalue weighted by atomic mass is 9.91. The van der Waals surface area contributed by atoms with Crippen molar-refractivity contribution in [3.63, 3.8) is 0 Å². The molecule has 1 spiro atoms. The number of carbonyl (C=O) groups is 1. The summed E-state index contributed by atoms with van der Waals surface area (Å²) in [6.07, 6.45) is 10.0. The number of primary amides is 1. The van der Waals surface area contributed by atoms with Gasteiger partial charge in [0.05, 0.1) is 23.9 Å². The summed E-state index contributed by atoms with van der Waals surface area (Å²) < 4.78 is 6.42. The van der Waals surface area contributed by atoms with Gasteiger partial charge in [-0.1, -0.05) is 25.7 Å². The Bertz CT molecular complexity index is 380. The van der Waals surface area contributed by atoms with Gasteiger partial charge in [-0.25, -0.2) is 0 Å². The smallest absolute Gasteiger partial charge is 0.234 e. The molecule has 1 aliphatic carbocycles. The first-order chi connectivity index (χ1) is 10.1. The Balaban J connectivity index is 1.57. The highest BCUT2D eigenvalue weighted by atomic mass is 16.5. The molecular weight excluding hydrogens is 268 g/mol. The van der Waals surface area contributed by atoms with E-state index in [1.165, 1.54) is 38.5 Å². The van der Waals surface area contributed by atoms with Crippen LogP contribution in [0.4, 0.5) is 0 Å². The molecule has 2 heterocycles. The summed E-state index contributed by atoms with van der Waals surface area (Å²) in [5.74, 6) is -0.325. The van der Waals surface area contributed by atoms with E-state index in [-0.39, 0.29) is 23.7 Å². The summed E-state index contributed by atoms with van der Waals surface area (Å²) in [4.78, 5) is 13.5. The molecule has 3 N–H and O–H groups in total. The molecule has 0 radical (unpaired) electrons. The molecule has 0 aromatic rings. The van der Waals surface area contributed by atoms with Crippen molar-refractivity contribution in [1.29, 1.82) is 0 Å². The third-order valence-corrected chi connectivity index (χ3v) is 5.50. The average molecular weight is 296 g/mol. The lowest BCUT2D eigenvalue weighted by Gasteiger charge is -2.30. The highest BCUT2D eigenvalue weighted by Crippen LogP contribution is 2.41. The summed E-state index contributed by atoms with van der Waals surface area (Å²) in [5, 5.41) is 9.78. The van der Waals surface area contributed by atoms with Gasteiger partial charge >= 0.3 is 0 Å². The SMILES string of the molecule is NC(=O)[C@@H]1C[C@@H](O)CN1CC1CCC2(CCCCCC2)O1. The summed E-state index contributed by atoms with van der Waals surface area (Å²) in [7, 11) is 0. The van der Waals surface area contributed by atoms with E-state index >= 15 is 0 Å². The predicted molar refractivity (Wildman–Crippen MR) is 79.7 cm³/mol. The molecule has 120 valence electrons. The minimum Gasteiger partial charge on any atom is -0.392 e. The number of aliphatic hydroxyl groups excluding tert-OH is 1. The predicted octanol–water partition coefficient (Wildman–Crippen LogP) is 1.18. The monoisotopic (exact) mass is 296 g/mol. The molecule has 1 saturated carbocycles. The molecule has 3 atom stereocenters. The maximum Gasteiger partial charge on any atom is 0.234 e. The Morgan fingerprint density at radius 1 is 1.24 bits per heavy atom. The summed E-state index contributed by atoms with van der Waals surface area (Å²) >= 11 is 0. The molecule has 0 aromatic heterocycles. The van der Waals surface area contributed by atoms with Crippen molar-refractivity contribution >= 4 is 5.91 Å². The molecule has 5 nitrogen and oxygen atoms in total. The lowest BCUT2D eigenvalue weighted by molar-refractivity contribution is -0.123. The fourth-order valence-electron chi connectivity index (χ4n) is 4.40. The van der Waals surface area contributed by atoms with E-state index in [4.69, 9.17) is 10.5 Å². The number of nitrogens with two attached hydrogens (primary N) is 1. The second-order valence-electron chi connectivity index (χ2n) is 7.14. The van der Waals surface area contributed by atoms with E-state index in [0.29, 0.717) is 13.0 Å². The number of hydrogen-bond donors (Lipinski definition) is 2. The van der Waals surface area contributed by atoms with Crippen LogP contribution in [0.3, 0.4) is 0 Å². The first-order valence-electron chi connectivity index (χ1n) is 8.47. The van der Waals surface area contributed by atoms with Gasteiger partial charge in [0, 0.05) is 13.1 Å². The van der Waals surface area contributed by atoms with Gasteiger partial charge < -0.3 is 15.6 Å². The van der Waals surface area contributed by atoms with Crippen LogP contribution < -0.4 is 5.73 Å². The zero-order valence-electron chi connectivity index (χ0n) is 12.8. The first kappa shape index (κ1) is 15.3. The molecule has 1 unspecified atom stereocenters. The molecule has 2 aliphatic heterocycles. The van der Waals surface area contributed by atoms with E-state index in [0.717, 1.165) is 19.4 Å². The molecule has 3 aliphatic rings. The van der Waals surface area contributed by atoms with Gasteiger partial charge in [-0.05, 0) is 32.1 Å². The maximum absolute atomic E-state index is 11.5. The van der Waals surface area contributed by atoms with Crippen LogP contribution in [0.5, 0.6) is 0 Å². The van der Waals surface area contributed by atoms with Crippen molar-refractivity contribution in [3.8, 4) is 0 Å². The Labute approximate surface area is 126 Å². The molecule has 21 heavy (non-hydrogen) atoms. The Morgan fingerprint density at radius 3 is 2.62 bits per heavy atom. The number of ether oxygens (including phenoxy) is 1. The number of nitrogens with zero attached hydrogens (tertiary/aromatic N) is 1. The minimum atomic E-state index is -0.434. The lowest BCUT2D eigenvalue weighted by Crippen LogP contribution is -2.44. The van der Waals surface area contributed by atoms with Crippen molar-refractivity contribution in [2.24, 2.45) is 5.73 Å². The van der Waals surface area contributed by atoms with Crippen LogP contribution in [-0.2, 0) is 9.53 Å². The summed E-state index contributed by atoms with van der Waals surface area (Å²) in [6, 6.07) is -0.325. The Morgan fingerprint density at radius 2 is 1.95 bits per heavy atom. The van der Waals surface area contributed by atoms with E-state index in [1.807, 2.05) is 4.90 Å². The number of carbonyl (C=O) groups excluding carboxylic acids is 1. The van der Waals surface area contributed by atoms with Crippen LogP contribution in [0, 0.1) is 0 Å². The topological polar surface area (TPSA) is 75.8 Å². The average Bonchev–Trinajstić information content (AvgIpc) is 2.90. The van der Waals surface area contributed by atoms with Crippen LogP contribution in [0.2, 0.25) is 0 Å². The van der Waals surface area contributed by atoms with Gasteiger partial charge in [0.15, 0.2) is 0 Å². The molecule has 2 saturated heterocycles. The second-order valence-corrected chi connectivity index (χ2v) is 7.14. The van der Waals surface area contributed by atoms with Gasteiger partial charge in [0.25, 0.3) is 0 Å². The van der Waals surface area contributed by atoms with Gasteiger partial charge in [0.1, 0.15) is 0 Å². The first-order valence-corrected chi connectivity index (χ1v) is 8.47. The number of aliphatic hydroxyl groups is 1. The standard InChI is InChI=1S/C16H28N2O3/c17-15(20)14-9-12(19)10-18(14)11-13-5-8-16(21-13)6-3-1-2-4-7-16/h12-14,19H,1-11H2,(H2,17,20)/t12-,13?,14+/m1/s1. The zero-order valence-corrected chi connectivity index (χ0v) is 12.8. The minimum absolute atomic E-state index is 0.0989. The van der Waals surface area contributed by atoms with E-state index < -0.39 is 6.10 Å². The van der Waals surface area contributed by atoms with E-state index in [2.05, 4.69) is 0 Å². The van der Waals surface area contributed by atoms with Gasteiger partial charge in [-0.15, -0.1) is 0 Å². The quantitative estimate of drug-likeness (QED) is 0.820. The maximum atomic E-state index is 11.5. The molecule has 5 heteroatoms. The number of hydrogen-bond acceptors (Lipinski definition) is 4. The highest BCUT2D eigenvalue weighted by Gasteiger charge is 2.43. The zero-order chi connectivity index (χ0) is 14.9. The number of amides is 1. The van der Waals surface area contributed by atoms with Gasteiger partial charge in [0.2, 0.25) is 5.91 Å². The fraction of sp³-hybridized carbons (Fsp3) is 0.938. The largest absolute Gasteiger partial charge is 0.392 e. The van der Waals surface area contributed by atoms with Crippen molar-refractivity contribution < 1.29 is 14.6 Å². The second kappa shape index (κ2) is 6.23. The summed E-state index contributed by atoms with van der Waals surface area (Å²) in [5.41, 5.74) is 5.55. The molecule has 3 rings (SSSR count). The van der Waals surface area contributed by atoms with Gasteiger partial charge in [-0.3, -0.25) is 9.69 Å². The van der Waals surface area contributed by atoms with Crippen LogP contribution in [0.15, 0.2) is 0 Å². The van der Waals surface area contributed by atoms with Crippen molar-refractivity contribution in [2.75, 3.05) is 13.1 Å². The van der Waals surface area contributed by atoms with E-state index in [9.17, 15) is 9.90 Å². The highest BCUT2D eigenvalue weighted by molar-refractivity contribution is 5.80. The van der Waals surface area contributed by atoms with Crippen molar-refractivity contribution in [2.45, 2.75) is 81.6 Å². The van der Waals surface area contributed by atoms with Crippen molar-refractivity contribution in [1.82, 2.24) is 4.90 Å². The van der Waals surface area contributed by atoms with Crippen LogP contribution >= 0.6 is 0 Å². The molecule has 1 amide bonds. The number of β-amino-alcohol motifs (C(OH)–C–C–N with tert-alkyl or cyclic N) is 1. The Hall–Kier alpha value is -0.650. The van der Waals surface area contributed by atoms with Crippen LogP contribution in [-0.4, -0.2) is 52.9 Å². The molecule has 3 fully saturated rings. The molecular formula is C16H28N2O3. The fourth-order valence-corrected chi connectivity index (χ4v) is 4.40.